The Morgan fingerprint density at radius 3 is 2.15 bits per heavy atom. The van der Waals surface area contributed by atoms with E-state index in [0.29, 0.717) is 13.1 Å². The van der Waals surface area contributed by atoms with Gasteiger partial charge in [-0.1, -0.05) is 48.5 Å². The number of hydrogen-bond acceptors (Lipinski definition) is 5. The van der Waals surface area contributed by atoms with E-state index < -0.39 is 18.2 Å². The summed E-state index contributed by atoms with van der Waals surface area (Å²) >= 11 is 0. The first-order valence-electron chi connectivity index (χ1n) is 11.1. The fraction of sp³-hybridized carbons (Fsp3) is 0.400. The molecule has 0 aromatic heterocycles. The number of nitrogens with zero attached hydrogens (tertiary/aromatic N) is 1. The molecule has 2 N–H and O–H groups in total. The summed E-state index contributed by atoms with van der Waals surface area (Å²) in [5, 5.41) is 11.8. The van der Waals surface area contributed by atoms with Gasteiger partial charge >= 0.3 is 12.1 Å². The highest BCUT2D eigenvalue weighted by molar-refractivity contribution is 5.84. The average Bonchev–Trinajstić information content (AvgIpc) is 3.18. The Kier molecular flexibility index (Phi) is 5.54. The number of amides is 2. The lowest BCUT2D eigenvalue weighted by molar-refractivity contribution is -0.144. The van der Waals surface area contributed by atoms with Crippen LogP contribution in [0.2, 0.25) is 0 Å². The van der Waals surface area contributed by atoms with Gasteiger partial charge in [0, 0.05) is 26.1 Å². The molecule has 1 saturated heterocycles. The molecule has 0 radical (unpaired) electrons. The normalized spacial score (nSPS) is 23.3. The standard InChI is InChI=1S/C25H26N2O6/c1-32-21(23(28)27-11-18-19(12-27)22(18)24(29)30)10-26-25(31)33-13-20-16-8-4-2-6-14(16)15-7-3-5-9-17(15)20/h2-9,18-22H,10-13H2,1H3,(H,26,31)(H,29,30)/t18-,19+,21?,22?. The molecule has 3 aliphatic rings. The third kappa shape index (κ3) is 3.84. The number of nitrogens with one attached hydrogen (secondary N) is 1. The molecule has 8 nitrogen and oxygen atoms in total. The molecule has 1 saturated carbocycles. The minimum Gasteiger partial charge on any atom is -0.481 e. The third-order valence-corrected chi connectivity index (χ3v) is 7.13. The molecular weight excluding hydrogens is 424 g/mol. The van der Waals surface area contributed by atoms with Crippen molar-refractivity contribution in [1.82, 2.24) is 10.2 Å². The molecule has 33 heavy (non-hydrogen) atoms. The predicted octanol–water partition coefficient (Wildman–Crippen LogP) is 2.33. The van der Waals surface area contributed by atoms with Crippen LogP contribution in [-0.2, 0) is 19.1 Å². The first kappa shape index (κ1) is 21.5. The van der Waals surface area contributed by atoms with Crippen molar-refractivity contribution in [3.05, 3.63) is 59.7 Å². The highest BCUT2D eigenvalue weighted by Crippen LogP contribution is 2.51. The molecular formula is C25H26N2O6. The quantitative estimate of drug-likeness (QED) is 0.671. The van der Waals surface area contributed by atoms with Crippen LogP contribution in [0.5, 0.6) is 0 Å². The minimum atomic E-state index is -0.841. The van der Waals surface area contributed by atoms with E-state index in [-0.39, 0.29) is 42.7 Å². The molecule has 5 rings (SSSR count). The molecule has 2 aromatic carbocycles. The number of rotatable bonds is 7. The van der Waals surface area contributed by atoms with Gasteiger partial charge in [0.05, 0.1) is 12.5 Å². The van der Waals surface area contributed by atoms with E-state index in [1.54, 1.807) is 4.90 Å². The van der Waals surface area contributed by atoms with Crippen LogP contribution in [0.1, 0.15) is 17.0 Å². The molecule has 2 fully saturated rings. The molecule has 1 heterocycles. The van der Waals surface area contributed by atoms with Crippen molar-refractivity contribution in [2.75, 3.05) is 33.4 Å². The van der Waals surface area contributed by atoms with E-state index in [4.69, 9.17) is 14.6 Å². The van der Waals surface area contributed by atoms with Gasteiger partial charge < -0.3 is 24.8 Å². The summed E-state index contributed by atoms with van der Waals surface area (Å²) in [6, 6.07) is 16.2. The number of carbonyl (C=O) groups excluding carboxylic acids is 2. The van der Waals surface area contributed by atoms with E-state index in [0.717, 1.165) is 22.3 Å². The van der Waals surface area contributed by atoms with Gasteiger partial charge in [-0.05, 0) is 34.1 Å². The van der Waals surface area contributed by atoms with E-state index in [2.05, 4.69) is 29.6 Å². The Balaban J connectivity index is 1.14. The van der Waals surface area contributed by atoms with E-state index in [1.807, 2.05) is 24.3 Å². The molecule has 0 spiro atoms. The molecule has 2 aromatic rings. The van der Waals surface area contributed by atoms with Crippen LogP contribution < -0.4 is 5.32 Å². The van der Waals surface area contributed by atoms with Gasteiger partial charge in [0.15, 0.2) is 6.10 Å². The molecule has 8 heteroatoms. The van der Waals surface area contributed by atoms with E-state index >= 15 is 0 Å². The molecule has 1 aliphatic heterocycles. The Morgan fingerprint density at radius 2 is 1.61 bits per heavy atom. The van der Waals surface area contributed by atoms with Crippen LogP contribution in [0.3, 0.4) is 0 Å². The van der Waals surface area contributed by atoms with Gasteiger partial charge in [-0.3, -0.25) is 9.59 Å². The summed E-state index contributed by atoms with van der Waals surface area (Å²) in [6.45, 7) is 1.02. The van der Waals surface area contributed by atoms with Crippen molar-refractivity contribution in [3.8, 4) is 11.1 Å². The molecule has 2 aliphatic carbocycles. The van der Waals surface area contributed by atoms with Gasteiger partial charge in [0.1, 0.15) is 6.61 Å². The number of carbonyl (C=O) groups is 3. The van der Waals surface area contributed by atoms with Crippen molar-refractivity contribution in [2.45, 2.75) is 12.0 Å². The Hall–Kier alpha value is -3.39. The molecule has 2 unspecified atom stereocenters. The van der Waals surface area contributed by atoms with Gasteiger partial charge in [-0.2, -0.15) is 0 Å². The first-order chi connectivity index (χ1) is 16.0. The number of aliphatic carboxylic acids is 1. The number of benzene rings is 2. The van der Waals surface area contributed by atoms with Gasteiger partial charge in [0.2, 0.25) is 0 Å². The van der Waals surface area contributed by atoms with Crippen LogP contribution in [0.4, 0.5) is 4.79 Å². The van der Waals surface area contributed by atoms with E-state index in [9.17, 15) is 14.4 Å². The van der Waals surface area contributed by atoms with Crippen LogP contribution in [0.15, 0.2) is 48.5 Å². The van der Waals surface area contributed by atoms with Crippen LogP contribution >= 0.6 is 0 Å². The topological polar surface area (TPSA) is 105 Å². The molecule has 0 bridgehead atoms. The second-order valence-electron chi connectivity index (χ2n) is 8.87. The predicted molar refractivity (Wildman–Crippen MR) is 119 cm³/mol. The average molecular weight is 450 g/mol. The number of ether oxygens (including phenoxy) is 2. The summed E-state index contributed by atoms with van der Waals surface area (Å²) in [7, 11) is 1.42. The Labute approximate surface area is 191 Å². The maximum absolute atomic E-state index is 12.7. The maximum atomic E-state index is 12.7. The highest BCUT2D eigenvalue weighted by atomic mass is 16.5. The number of hydrogen-bond donors (Lipinski definition) is 2. The van der Waals surface area contributed by atoms with Crippen molar-refractivity contribution in [3.63, 3.8) is 0 Å². The Morgan fingerprint density at radius 1 is 1.03 bits per heavy atom. The third-order valence-electron chi connectivity index (χ3n) is 7.13. The summed E-state index contributed by atoms with van der Waals surface area (Å²) in [4.78, 5) is 37.9. The van der Waals surface area contributed by atoms with Crippen LogP contribution in [0.25, 0.3) is 11.1 Å². The summed E-state index contributed by atoms with van der Waals surface area (Å²) < 4.78 is 10.8. The highest BCUT2D eigenvalue weighted by Gasteiger charge is 2.60. The number of carboxylic acid groups (broad SMARTS) is 1. The number of alkyl carbamates (subject to hydrolysis) is 1. The number of methoxy groups -OCH3 is 1. The Bertz CT molecular complexity index is 1040. The van der Waals surface area contributed by atoms with E-state index in [1.165, 1.54) is 7.11 Å². The lowest BCUT2D eigenvalue weighted by atomic mass is 9.98. The molecule has 172 valence electrons. The lowest BCUT2D eigenvalue weighted by Crippen LogP contribution is -2.46. The zero-order valence-corrected chi connectivity index (χ0v) is 18.3. The zero-order valence-electron chi connectivity index (χ0n) is 18.3. The molecule has 4 atom stereocenters. The fourth-order valence-corrected chi connectivity index (χ4v) is 5.37. The first-order valence-corrected chi connectivity index (χ1v) is 11.1. The molecule has 2 amide bonds. The lowest BCUT2D eigenvalue weighted by Gasteiger charge is -2.24. The second kappa shape index (κ2) is 8.51. The second-order valence-corrected chi connectivity index (χ2v) is 8.87. The van der Waals surface area contributed by atoms with Crippen molar-refractivity contribution in [1.29, 1.82) is 0 Å². The van der Waals surface area contributed by atoms with Gasteiger partial charge in [-0.15, -0.1) is 0 Å². The monoisotopic (exact) mass is 450 g/mol. The largest absolute Gasteiger partial charge is 0.481 e. The van der Waals surface area contributed by atoms with Crippen molar-refractivity contribution in [2.24, 2.45) is 17.8 Å². The number of likely N-dealkylation sites (tertiary alicyclic amines) is 1. The zero-order chi connectivity index (χ0) is 23.1. The van der Waals surface area contributed by atoms with Crippen molar-refractivity contribution < 1.29 is 29.0 Å². The van der Waals surface area contributed by atoms with Crippen LogP contribution in [-0.4, -0.2) is 67.4 Å². The summed E-state index contributed by atoms with van der Waals surface area (Å²) in [5.74, 6) is -1.36. The smallest absolute Gasteiger partial charge is 0.407 e. The maximum Gasteiger partial charge on any atom is 0.407 e. The van der Waals surface area contributed by atoms with Crippen molar-refractivity contribution >= 4 is 18.0 Å². The number of piperidine rings is 1. The summed E-state index contributed by atoms with van der Waals surface area (Å²) in [5.41, 5.74) is 4.56. The van der Waals surface area contributed by atoms with Gasteiger partial charge in [-0.25, -0.2) is 4.79 Å². The van der Waals surface area contributed by atoms with Gasteiger partial charge in [0.25, 0.3) is 5.91 Å². The number of carboxylic acids is 1. The number of fused-ring (bicyclic) bond motifs is 4. The minimum absolute atomic E-state index is 0.0137. The SMILES string of the molecule is COC(CNC(=O)OCC1c2ccccc2-c2ccccc21)C(=O)N1C[C@@H]2C(C(=O)O)[C@@H]2C1. The fourth-order valence-electron chi connectivity index (χ4n) is 5.37. The summed E-state index contributed by atoms with van der Waals surface area (Å²) in [6.07, 6.45) is -1.45. The van der Waals surface area contributed by atoms with Crippen LogP contribution in [0, 0.1) is 17.8 Å².